The molecule has 190 valence electrons. The minimum atomic E-state index is -0.817. The molecular weight excluding hydrogens is 499 g/mol. The highest BCUT2D eigenvalue weighted by molar-refractivity contribution is 7.16. The standard InChI is InChI=1S/C26H23FN4O5S/c27-22-13(4-5-14-11-31(25(34)21(14)22)18-6-7-20(32)30-24(18)33)10-28-26(35)36-16-8-15(9-16)17-2-1-3-19-23(17)29-12-37-19/h1-5,12,15-16,18H,6-11H2,(H,28,35)(H,30,32,33). The molecule has 3 aromatic rings. The largest absolute Gasteiger partial charge is 0.446 e. The number of fused-ring (bicyclic) bond motifs is 2. The number of benzene rings is 2. The van der Waals surface area contributed by atoms with Gasteiger partial charge in [0.1, 0.15) is 18.0 Å². The van der Waals surface area contributed by atoms with Gasteiger partial charge >= 0.3 is 6.09 Å². The molecule has 0 radical (unpaired) electrons. The van der Waals surface area contributed by atoms with E-state index in [0.717, 1.165) is 15.8 Å². The second-order valence-corrected chi connectivity index (χ2v) is 10.5. The zero-order valence-electron chi connectivity index (χ0n) is 19.7. The van der Waals surface area contributed by atoms with Crippen molar-refractivity contribution in [3.63, 3.8) is 0 Å². The summed E-state index contributed by atoms with van der Waals surface area (Å²) in [5, 5.41) is 4.80. The number of hydrogen-bond acceptors (Lipinski definition) is 7. The van der Waals surface area contributed by atoms with Crippen LogP contribution in [0.2, 0.25) is 0 Å². The van der Waals surface area contributed by atoms with E-state index in [1.54, 1.807) is 17.4 Å². The molecule has 3 aliphatic rings. The molecule has 0 bridgehead atoms. The third-order valence-electron chi connectivity index (χ3n) is 7.33. The summed E-state index contributed by atoms with van der Waals surface area (Å²) >= 11 is 1.59. The van der Waals surface area contributed by atoms with Crippen LogP contribution in [0, 0.1) is 5.82 Å². The molecule has 2 fully saturated rings. The summed E-state index contributed by atoms with van der Waals surface area (Å²) in [5.41, 5.74) is 4.50. The summed E-state index contributed by atoms with van der Waals surface area (Å²) in [6, 6.07) is 8.43. The Kier molecular flexibility index (Phi) is 5.86. The molecule has 2 N–H and O–H groups in total. The lowest BCUT2D eigenvalue weighted by Crippen LogP contribution is -2.52. The molecule has 1 unspecified atom stereocenters. The van der Waals surface area contributed by atoms with E-state index in [1.165, 1.54) is 11.0 Å². The van der Waals surface area contributed by atoms with E-state index in [9.17, 15) is 19.2 Å². The molecule has 9 nitrogen and oxygen atoms in total. The van der Waals surface area contributed by atoms with Gasteiger partial charge in [-0.15, -0.1) is 11.3 Å². The molecule has 0 spiro atoms. The van der Waals surface area contributed by atoms with Crippen molar-refractivity contribution in [3.05, 3.63) is 63.9 Å². The van der Waals surface area contributed by atoms with Gasteiger partial charge in [-0.05, 0) is 42.4 Å². The van der Waals surface area contributed by atoms with E-state index in [1.807, 2.05) is 17.6 Å². The maximum atomic E-state index is 15.3. The average Bonchev–Trinajstić information content (AvgIpc) is 3.46. The van der Waals surface area contributed by atoms with Crippen molar-refractivity contribution in [2.45, 2.75) is 56.8 Å². The number of halogens is 1. The number of nitrogens with zero attached hydrogens (tertiary/aromatic N) is 2. The summed E-state index contributed by atoms with van der Waals surface area (Å²) in [4.78, 5) is 54.7. The number of rotatable bonds is 5. The Hall–Kier alpha value is -3.86. The normalized spacial score (nSPS) is 23.0. The Balaban J connectivity index is 1.04. The van der Waals surface area contributed by atoms with Crippen LogP contribution in [0.1, 0.15) is 58.6 Å². The third-order valence-corrected chi connectivity index (χ3v) is 8.13. The van der Waals surface area contributed by atoms with Crippen LogP contribution < -0.4 is 10.6 Å². The molecule has 2 aromatic carbocycles. The maximum Gasteiger partial charge on any atom is 0.407 e. The van der Waals surface area contributed by atoms with Crippen molar-refractivity contribution in [2.75, 3.05) is 0 Å². The first kappa shape index (κ1) is 23.5. The fraction of sp³-hybridized carbons (Fsp3) is 0.346. The van der Waals surface area contributed by atoms with Crippen molar-refractivity contribution in [1.29, 1.82) is 0 Å². The molecule has 1 saturated heterocycles. The quantitative estimate of drug-likeness (QED) is 0.496. The highest BCUT2D eigenvalue weighted by atomic mass is 32.1. The highest BCUT2D eigenvalue weighted by Crippen LogP contribution is 2.41. The molecule has 4 amide bonds. The van der Waals surface area contributed by atoms with E-state index in [0.29, 0.717) is 18.4 Å². The molecule has 1 aliphatic carbocycles. The van der Waals surface area contributed by atoms with Gasteiger partial charge in [0.2, 0.25) is 11.8 Å². The van der Waals surface area contributed by atoms with Crippen LogP contribution in [-0.4, -0.2) is 45.8 Å². The molecule has 2 aliphatic heterocycles. The Bertz CT molecular complexity index is 1450. The molecular formula is C26H23FN4O5S. The predicted octanol–water partition coefficient (Wildman–Crippen LogP) is 3.37. The average molecular weight is 523 g/mol. The number of piperidine rings is 1. The zero-order valence-corrected chi connectivity index (χ0v) is 20.5. The summed E-state index contributed by atoms with van der Waals surface area (Å²) in [6.45, 7) is -0.0531. The van der Waals surface area contributed by atoms with E-state index in [4.69, 9.17) is 4.74 Å². The van der Waals surface area contributed by atoms with Crippen molar-refractivity contribution < 1.29 is 28.3 Å². The summed E-state index contributed by atoms with van der Waals surface area (Å²) in [5.74, 6) is -1.98. The van der Waals surface area contributed by atoms with Crippen LogP contribution >= 0.6 is 11.3 Å². The second-order valence-electron chi connectivity index (χ2n) is 9.57. The SMILES string of the molecule is O=C1CCC(N2Cc3ccc(CNC(=O)OC4CC(c5cccc6scnc56)C4)c(F)c3C2=O)C(=O)N1. The first-order valence-electron chi connectivity index (χ1n) is 12.1. The Morgan fingerprint density at radius 2 is 2.05 bits per heavy atom. The number of imide groups is 1. The minimum Gasteiger partial charge on any atom is -0.446 e. The Labute approximate surface area is 215 Å². The number of alkyl carbamates (subject to hydrolysis) is 1. The number of thiazole rings is 1. The fourth-order valence-corrected chi connectivity index (χ4v) is 6.01. The lowest BCUT2D eigenvalue weighted by Gasteiger charge is -2.35. The van der Waals surface area contributed by atoms with Gasteiger partial charge < -0.3 is 15.0 Å². The van der Waals surface area contributed by atoms with E-state index in [-0.39, 0.29) is 55.0 Å². The van der Waals surface area contributed by atoms with Crippen molar-refractivity contribution in [2.24, 2.45) is 0 Å². The lowest BCUT2D eigenvalue weighted by molar-refractivity contribution is -0.136. The van der Waals surface area contributed by atoms with Crippen LogP contribution in [0.15, 0.2) is 35.8 Å². The van der Waals surface area contributed by atoms with Gasteiger partial charge in [-0.25, -0.2) is 14.2 Å². The van der Waals surface area contributed by atoms with Crippen LogP contribution in [0.5, 0.6) is 0 Å². The molecule has 1 atom stereocenters. The number of aromatic nitrogens is 1. The van der Waals surface area contributed by atoms with Gasteiger partial charge in [0, 0.05) is 25.1 Å². The van der Waals surface area contributed by atoms with Crippen molar-refractivity contribution in [3.8, 4) is 0 Å². The van der Waals surface area contributed by atoms with E-state index < -0.39 is 29.8 Å². The monoisotopic (exact) mass is 522 g/mol. The number of amides is 4. The third kappa shape index (κ3) is 4.22. The summed E-state index contributed by atoms with van der Waals surface area (Å²) in [6.07, 6.45) is 0.842. The molecule has 6 rings (SSSR count). The molecule has 1 aromatic heterocycles. The van der Waals surface area contributed by atoms with E-state index >= 15 is 4.39 Å². The van der Waals surface area contributed by atoms with Crippen LogP contribution in [0.3, 0.4) is 0 Å². The van der Waals surface area contributed by atoms with Gasteiger partial charge in [0.25, 0.3) is 5.91 Å². The second kappa shape index (κ2) is 9.22. The van der Waals surface area contributed by atoms with E-state index in [2.05, 4.69) is 21.7 Å². The first-order valence-corrected chi connectivity index (χ1v) is 13.0. The summed E-state index contributed by atoms with van der Waals surface area (Å²) in [7, 11) is 0. The fourth-order valence-electron chi connectivity index (χ4n) is 5.30. The van der Waals surface area contributed by atoms with Gasteiger partial charge in [-0.3, -0.25) is 19.7 Å². The lowest BCUT2D eigenvalue weighted by atomic mass is 9.77. The number of carbonyl (C=O) groups excluding carboxylic acids is 4. The summed E-state index contributed by atoms with van der Waals surface area (Å²) < 4.78 is 21.9. The van der Waals surface area contributed by atoms with Crippen LogP contribution in [-0.2, 0) is 27.4 Å². The Morgan fingerprint density at radius 3 is 2.86 bits per heavy atom. The topological polar surface area (TPSA) is 118 Å². The zero-order chi connectivity index (χ0) is 25.7. The van der Waals surface area contributed by atoms with Crippen LogP contribution in [0.4, 0.5) is 9.18 Å². The van der Waals surface area contributed by atoms with Crippen molar-refractivity contribution in [1.82, 2.24) is 20.5 Å². The van der Waals surface area contributed by atoms with Gasteiger partial charge in [-0.2, -0.15) is 0 Å². The first-order chi connectivity index (χ1) is 17.9. The van der Waals surface area contributed by atoms with Crippen LogP contribution in [0.25, 0.3) is 10.2 Å². The number of hydrogen-bond donors (Lipinski definition) is 2. The molecule has 11 heteroatoms. The maximum absolute atomic E-state index is 15.3. The highest BCUT2D eigenvalue weighted by Gasteiger charge is 2.41. The molecule has 3 heterocycles. The molecule has 37 heavy (non-hydrogen) atoms. The number of carbonyl (C=O) groups is 4. The Morgan fingerprint density at radius 1 is 1.22 bits per heavy atom. The molecule has 1 saturated carbocycles. The van der Waals surface area contributed by atoms with Gasteiger partial charge in [-0.1, -0.05) is 24.3 Å². The van der Waals surface area contributed by atoms with Crippen molar-refractivity contribution >= 4 is 45.4 Å². The van der Waals surface area contributed by atoms with Gasteiger partial charge in [0.05, 0.1) is 21.3 Å². The number of ether oxygens (including phenoxy) is 1. The number of para-hydroxylation sites is 1. The van der Waals surface area contributed by atoms with Gasteiger partial charge in [0.15, 0.2) is 0 Å². The minimum absolute atomic E-state index is 0.0879. The predicted molar refractivity (Wildman–Crippen MR) is 131 cm³/mol. The number of nitrogens with one attached hydrogen (secondary N) is 2. The smallest absolute Gasteiger partial charge is 0.407 e.